The molecule has 6 aromatic rings. The van der Waals surface area contributed by atoms with Gasteiger partial charge in [0.2, 0.25) is 11.7 Å². The third-order valence-corrected chi connectivity index (χ3v) is 11.6. The second kappa shape index (κ2) is 17.6. The van der Waals surface area contributed by atoms with Gasteiger partial charge in [0.15, 0.2) is 24.0 Å². The van der Waals surface area contributed by atoms with Gasteiger partial charge in [-0.15, -0.1) is 0 Å². The van der Waals surface area contributed by atoms with Gasteiger partial charge >= 0.3 is 5.97 Å². The van der Waals surface area contributed by atoms with E-state index >= 15 is 0 Å². The molecule has 13 nitrogen and oxygen atoms in total. The Bertz CT molecular complexity index is 2620. The minimum Gasteiger partial charge on any atom is -0.489 e. The molecule has 0 unspecified atom stereocenters. The first kappa shape index (κ1) is 41.2. The van der Waals surface area contributed by atoms with Crippen LogP contribution in [0.15, 0.2) is 102 Å². The predicted octanol–water partition coefficient (Wildman–Crippen LogP) is 8.56. The molecule has 0 radical (unpaired) electrons. The normalized spacial score (nSPS) is 16.0. The lowest BCUT2D eigenvalue weighted by molar-refractivity contribution is -0.142. The number of aromatic nitrogens is 2. The van der Waals surface area contributed by atoms with Gasteiger partial charge in [0.05, 0.1) is 15.7 Å². The Morgan fingerprint density at radius 1 is 0.869 bits per heavy atom. The van der Waals surface area contributed by atoms with E-state index in [9.17, 15) is 19.5 Å². The number of benzene rings is 4. The Hall–Kier alpha value is -6.57. The summed E-state index contributed by atoms with van der Waals surface area (Å²) in [5, 5.41) is 13.9. The molecule has 61 heavy (non-hydrogen) atoms. The maximum absolute atomic E-state index is 14.1. The van der Waals surface area contributed by atoms with Crippen LogP contribution < -0.4 is 24.3 Å². The van der Waals surface area contributed by atoms with Gasteiger partial charge in [-0.25, -0.2) is 9.78 Å². The molecular formula is C46H40Cl2N4O9. The molecular weight excluding hydrogens is 823 g/mol. The number of ether oxygens (including phenoxy) is 4. The predicted molar refractivity (Wildman–Crippen MR) is 225 cm³/mol. The molecule has 4 heterocycles. The summed E-state index contributed by atoms with van der Waals surface area (Å²) in [5.41, 5.74) is 6.02. The number of oxazole rings is 1. The van der Waals surface area contributed by atoms with Crippen LogP contribution in [0.5, 0.6) is 28.7 Å². The number of carbonyl (C=O) groups is 3. The van der Waals surface area contributed by atoms with Crippen molar-refractivity contribution >= 4 is 41.0 Å². The molecule has 2 aliphatic heterocycles. The van der Waals surface area contributed by atoms with Gasteiger partial charge in [0, 0.05) is 36.8 Å². The lowest BCUT2D eigenvalue weighted by Gasteiger charge is -2.37. The molecule has 0 spiro atoms. The summed E-state index contributed by atoms with van der Waals surface area (Å²) < 4.78 is 30.1. The molecule has 0 fully saturated rings. The highest BCUT2D eigenvalue weighted by Crippen LogP contribution is 2.41. The fourth-order valence-corrected chi connectivity index (χ4v) is 7.55. The van der Waals surface area contributed by atoms with E-state index in [1.54, 1.807) is 55.6 Å². The van der Waals surface area contributed by atoms with E-state index in [0.29, 0.717) is 56.7 Å². The van der Waals surface area contributed by atoms with Crippen LogP contribution in [0.1, 0.15) is 61.4 Å². The van der Waals surface area contributed by atoms with Crippen molar-refractivity contribution in [2.45, 2.75) is 65.0 Å². The van der Waals surface area contributed by atoms with Crippen LogP contribution in [0.4, 0.5) is 0 Å². The van der Waals surface area contributed by atoms with Crippen molar-refractivity contribution in [3.63, 3.8) is 0 Å². The minimum atomic E-state index is -1.30. The van der Waals surface area contributed by atoms with Crippen LogP contribution in [-0.2, 0) is 35.6 Å². The largest absolute Gasteiger partial charge is 0.489 e. The van der Waals surface area contributed by atoms with E-state index in [1.165, 1.54) is 11.3 Å². The van der Waals surface area contributed by atoms with E-state index in [4.69, 9.17) is 46.6 Å². The van der Waals surface area contributed by atoms with Crippen LogP contribution in [0.3, 0.4) is 0 Å². The molecule has 2 N–H and O–H groups in total. The second-order valence-corrected chi connectivity index (χ2v) is 15.7. The molecule has 0 aliphatic carbocycles. The third-order valence-electron chi connectivity index (χ3n) is 10.8. The summed E-state index contributed by atoms with van der Waals surface area (Å²) in [5.74, 6) is 0.432. The van der Waals surface area contributed by atoms with E-state index < -0.39 is 36.0 Å². The van der Waals surface area contributed by atoms with Crippen LogP contribution in [0.25, 0.3) is 0 Å². The molecule has 2 amide bonds. The third kappa shape index (κ3) is 9.13. The number of carbonyl (C=O) groups excluding carboxylic acids is 2. The van der Waals surface area contributed by atoms with Gasteiger partial charge in [-0.2, -0.15) is 0 Å². The van der Waals surface area contributed by atoms with Gasteiger partial charge in [-0.05, 0) is 103 Å². The SMILES string of the molecule is Cc1ncoc1C(=O)N1Cc2cc3c(cc2C[C@H]1C(=O)N[C@@H](Cc1ccc(Oc2ccnc(C)c2C)cc1)C(=O)O)OC[C@H](c1ccc(OCc2ccc(Cl)c(Cl)c2)cc1)O3. The quantitative estimate of drug-likeness (QED) is 0.121. The Balaban J connectivity index is 0.968. The summed E-state index contributed by atoms with van der Waals surface area (Å²) in [4.78, 5) is 50.5. The first-order valence-corrected chi connectivity index (χ1v) is 20.2. The smallest absolute Gasteiger partial charge is 0.326 e. The van der Waals surface area contributed by atoms with Crippen molar-refractivity contribution in [2.75, 3.05) is 6.61 Å². The van der Waals surface area contributed by atoms with Crippen molar-refractivity contribution in [3.05, 3.63) is 158 Å². The van der Waals surface area contributed by atoms with Crippen molar-refractivity contribution in [1.82, 2.24) is 20.2 Å². The Morgan fingerprint density at radius 2 is 1.61 bits per heavy atom. The van der Waals surface area contributed by atoms with E-state index in [0.717, 1.165) is 33.5 Å². The van der Waals surface area contributed by atoms with Crippen molar-refractivity contribution < 1.29 is 42.9 Å². The number of hydrogen-bond donors (Lipinski definition) is 2. The fraction of sp³-hybridized carbons (Fsp3) is 0.239. The zero-order valence-electron chi connectivity index (χ0n) is 33.3. The first-order valence-electron chi connectivity index (χ1n) is 19.5. The fourth-order valence-electron chi connectivity index (χ4n) is 7.23. The number of aliphatic carboxylic acids is 1. The van der Waals surface area contributed by atoms with Gasteiger partial charge in [0.1, 0.15) is 42.5 Å². The van der Waals surface area contributed by atoms with Gasteiger partial charge in [-0.3, -0.25) is 14.6 Å². The molecule has 0 saturated carbocycles. The van der Waals surface area contributed by atoms with Crippen molar-refractivity contribution in [1.29, 1.82) is 0 Å². The van der Waals surface area contributed by atoms with E-state index in [2.05, 4.69) is 15.3 Å². The summed E-state index contributed by atoms with van der Waals surface area (Å²) in [6, 6.07) is 22.9. The number of nitrogens with one attached hydrogen (secondary N) is 1. The standard InChI is InChI=1S/C46H40Cl2N4O9/c1-25-26(2)49-15-14-39(25)60-34-9-4-28(5-10-34)17-37(46(55)56)51-44(53)38-18-31-19-40-41(20-32(31)21-52(38)45(54)43-27(3)50-24-59-43)61-42(23-58-40)30-7-11-33(12-8-30)57-22-29-6-13-35(47)36(48)16-29/h4-16,19-20,24,37-38,42H,17-18,21-23H2,1-3H3,(H,51,53)(H,55,56)/t37-,38-,42+/m0/s1. The number of carboxylic acid groups (broad SMARTS) is 1. The highest BCUT2D eigenvalue weighted by atomic mass is 35.5. The average Bonchev–Trinajstić information content (AvgIpc) is 3.70. The molecule has 2 aliphatic rings. The maximum atomic E-state index is 14.1. The topological polar surface area (TPSA) is 163 Å². The molecule has 3 atom stereocenters. The van der Waals surface area contributed by atoms with Crippen molar-refractivity contribution in [2.24, 2.45) is 0 Å². The van der Waals surface area contributed by atoms with E-state index in [1.807, 2.05) is 56.3 Å². The lowest BCUT2D eigenvalue weighted by Crippen LogP contribution is -2.56. The number of halogens is 2. The second-order valence-electron chi connectivity index (χ2n) is 14.9. The first-order chi connectivity index (χ1) is 29.4. The summed E-state index contributed by atoms with van der Waals surface area (Å²) >= 11 is 12.2. The number of carboxylic acids is 1. The van der Waals surface area contributed by atoms with E-state index in [-0.39, 0.29) is 31.8 Å². The maximum Gasteiger partial charge on any atom is 0.326 e. The summed E-state index contributed by atoms with van der Waals surface area (Å²) in [6.07, 6.45) is 2.47. The Morgan fingerprint density at radius 3 is 2.33 bits per heavy atom. The Labute approximate surface area is 361 Å². The van der Waals surface area contributed by atoms with Gasteiger partial charge < -0.3 is 38.7 Å². The van der Waals surface area contributed by atoms with Crippen LogP contribution in [-0.4, -0.2) is 56.4 Å². The number of hydrogen-bond acceptors (Lipinski definition) is 10. The summed E-state index contributed by atoms with van der Waals surface area (Å²) in [7, 11) is 0. The number of pyridine rings is 1. The van der Waals surface area contributed by atoms with Crippen molar-refractivity contribution in [3.8, 4) is 28.7 Å². The van der Waals surface area contributed by atoms with Crippen LogP contribution >= 0.6 is 23.2 Å². The van der Waals surface area contributed by atoms with Crippen LogP contribution in [0, 0.1) is 20.8 Å². The minimum absolute atomic E-state index is 0.00818. The lowest BCUT2D eigenvalue weighted by atomic mass is 9.91. The number of aryl methyl sites for hydroxylation is 2. The molecule has 0 saturated heterocycles. The molecule has 0 bridgehead atoms. The van der Waals surface area contributed by atoms with Crippen LogP contribution in [0.2, 0.25) is 10.0 Å². The average molecular weight is 864 g/mol. The number of amides is 2. The Kier molecular flexibility index (Phi) is 11.9. The monoisotopic (exact) mass is 862 g/mol. The number of nitrogens with zero attached hydrogens (tertiary/aromatic N) is 3. The zero-order chi connectivity index (χ0) is 42.8. The highest BCUT2D eigenvalue weighted by molar-refractivity contribution is 6.42. The van der Waals surface area contributed by atoms with Gasteiger partial charge in [0.25, 0.3) is 5.91 Å². The molecule has 8 rings (SSSR count). The summed E-state index contributed by atoms with van der Waals surface area (Å²) in [6.45, 7) is 6.00. The highest BCUT2D eigenvalue weighted by Gasteiger charge is 2.39. The number of fused-ring (bicyclic) bond motifs is 2. The molecule has 4 aromatic carbocycles. The van der Waals surface area contributed by atoms with Gasteiger partial charge in [-0.1, -0.05) is 53.5 Å². The number of rotatable bonds is 12. The molecule has 312 valence electrons. The molecule has 15 heteroatoms. The zero-order valence-corrected chi connectivity index (χ0v) is 34.8. The molecule has 2 aromatic heterocycles.